The summed E-state index contributed by atoms with van der Waals surface area (Å²) < 4.78 is 29.4. The Kier molecular flexibility index (Phi) is 5.55. The molecule has 1 heterocycles. The second kappa shape index (κ2) is 7.40. The SMILES string of the molecule is CCCNN1CCN(c2ccccc2OC(F)F)CC1. The largest absolute Gasteiger partial charge is 0.433 e. The van der Waals surface area contributed by atoms with E-state index in [1.165, 1.54) is 0 Å². The third kappa shape index (κ3) is 4.05. The van der Waals surface area contributed by atoms with Gasteiger partial charge in [-0.25, -0.2) is 5.01 Å². The van der Waals surface area contributed by atoms with Crippen molar-refractivity contribution in [1.82, 2.24) is 10.4 Å². The number of nitrogens with one attached hydrogen (secondary N) is 1. The van der Waals surface area contributed by atoms with Crippen LogP contribution in [0.25, 0.3) is 0 Å². The third-order valence-corrected chi connectivity index (χ3v) is 3.29. The van der Waals surface area contributed by atoms with E-state index < -0.39 is 6.61 Å². The van der Waals surface area contributed by atoms with E-state index in [9.17, 15) is 8.78 Å². The number of hydrogen-bond acceptors (Lipinski definition) is 4. The number of para-hydroxylation sites is 2. The van der Waals surface area contributed by atoms with Crippen LogP contribution >= 0.6 is 0 Å². The summed E-state index contributed by atoms with van der Waals surface area (Å²) in [5.41, 5.74) is 4.08. The van der Waals surface area contributed by atoms with Crippen LogP contribution < -0.4 is 15.1 Å². The van der Waals surface area contributed by atoms with Crippen molar-refractivity contribution in [2.24, 2.45) is 0 Å². The molecule has 0 unspecified atom stereocenters. The molecular formula is C14H21F2N3O. The summed E-state index contributed by atoms with van der Waals surface area (Å²) in [5, 5.41) is 2.18. The lowest BCUT2D eigenvalue weighted by molar-refractivity contribution is -0.0495. The van der Waals surface area contributed by atoms with Crippen molar-refractivity contribution in [3.8, 4) is 5.75 Å². The van der Waals surface area contributed by atoms with Gasteiger partial charge in [0.05, 0.1) is 5.69 Å². The Morgan fingerprint density at radius 1 is 1.20 bits per heavy atom. The molecule has 1 aliphatic rings. The highest BCUT2D eigenvalue weighted by Crippen LogP contribution is 2.29. The first-order valence-electron chi connectivity index (χ1n) is 6.98. The van der Waals surface area contributed by atoms with Crippen LogP contribution in [-0.2, 0) is 0 Å². The van der Waals surface area contributed by atoms with Gasteiger partial charge in [0.1, 0.15) is 5.75 Å². The molecule has 112 valence electrons. The molecule has 0 aromatic heterocycles. The maximum Gasteiger partial charge on any atom is 0.387 e. The van der Waals surface area contributed by atoms with Gasteiger partial charge in [-0.3, -0.25) is 5.43 Å². The van der Waals surface area contributed by atoms with E-state index in [1.54, 1.807) is 12.1 Å². The number of alkyl halides is 2. The molecule has 0 amide bonds. The molecule has 20 heavy (non-hydrogen) atoms. The summed E-state index contributed by atoms with van der Waals surface area (Å²) in [6.45, 7) is 3.61. The van der Waals surface area contributed by atoms with Gasteiger partial charge in [0.15, 0.2) is 0 Å². The third-order valence-electron chi connectivity index (χ3n) is 3.29. The van der Waals surface area contributed by atoms with Gasteiger partial charge < -0.3 is 9.64 Å². The number of ether oxygens (including phenoxy) is 1. The molecule has 2 rings (SSSR count). The lowest BCUT2D eigenvalue weighted by Crippen LogP contribution is -2.52. The fourth-order valence-corrected chi connectivity index (χ4v) is 2.29. The summed E-state index contributed by atoms with van der Waals surface area (Å²) in [5.74, 6) is 0.248. The van der Waals surface area contributed by atoms with Crippen molar-refractivity contribution in [1.29, 1.82) is 0 Å². The zero-order chi connectivity index (χ0) is 14.4. The summed E-state index contributed by atoms with van der Waals surface area (Å²) in [6.07, 6.45) is 1.09. The first-order valence-corrected chi connectivity index (χ1v) is 6.98. The normalized spacial score (nSPS) is 16.7. The second-order valence-corrected chi connectivity index (χ2v) is 4.73. The first-order chi connectivity index (χ1) is 9.70. The lowest BCUT2D eigenvalue weighted by atomic mass is 10.2. The standard InChI is InChI=1S/C14H21F2N3O/c1-2-7-17-19-10-8-18(9-11-19)12-5-3-4-6-13(12)20-14(15)16/h3-6,14,17H,2,7-11H2,1H3. The van der Waals surface area contributed by atoms with Crippen LogP contribution in [0.1, 0.15) is 13.3 Å². The maximum absolute atomic E-state index is 12.4. The Balaban J connectivity index is 1.96. The van der Waals surface area contributed by atoms with Gasteiger partial charge in [-0.1, -0.05) is 19.1 Å². The maximum atomic E-state index is 12.4. The van der Waals surface area contributed by atoms with Crippen LogP contribution in [0.3, 0.4) is 0 Å². The number of nitrogens with zero attached hydrogens (tertiary/aromatic N) is 2. The smallest absolute Gasteiger partial charge is 0.387 e. The van der Waals surface area contributed by atoms with Crippen LogP contribution in [0.2, 0.25) is 0 Å². The van der Waals surface area contributed by atoms with Crippen LogP contribution in [0, 0.1) is 0 Å². The molecule has 1 aliphatic heterocycles. The first kappa shape index (κ1) is 15.0. The number of hydrazine groups is 1. The molecule has 0 bridgehead atoms. The highest BCUT2D eigenvalue weighted by molar-refractivity contribution is 5.58. The van der Waals surface area contributed by atoms with Gasteiger partial charge in [-0.2, -0.15) is 8.78 Å². The van der Waals surface area contributed by atoms with Gasteiger partial charge in [0, 0.05) is 32.7 Å². The second-order valence-electron chi connectivity index (χ2n) is 4.73. The van der Waals surface area contributed by atoms with Gasteiger partial charge >= 0.3 is 6.61 Å². The Labute approximate surface area is 118 Å². The predicted molar refractivity (Wildman–Crippen MR) is 75.2 cm³/mol. The summed E-state index contributed by atoms with van der Waals surface area (Å²) in [4.78, 5) is 2.09. The van der Waals surface area contributed by atoms with Crippen LogP contribution in [0.4, 0.5) is 14.5 Å². The van der Waals surface area contributed by atoms with Crippen molar-refractivity contribution < 1.29 is 13.5 Å². The Hall–Kier alpha value is -1.40. The van der Waals surface area contributed by atoms with E-state index in [1.807, 2.05) is 12.1 Å². The molecule has 0 radical (unpaired) electrons. The minimum Gasteiger partial charge on any atom is -0.433 e. The molecule has 4 nitrogen and oxygen atoms in total. The molecule has 0 spiro atoms. The van der Waals surface area contributed by atoms with Gasteiger partial charge in [0.2, 0.25) is 0 Å². The number of halogens is 2. The minimum absolute atomic E-state index is 0.248. The van der Waals surface area contributed by atoms with E-state index in [2.05, 4.69) is 27.0 Å². The number of hydrogen-bond donors (Lipinski definition) is 1. The van der Waals surface area contributed by atoms with Gasteiger partial charge in [-0.15, -0.1) is 0 Å². The summed E-state index contributed by atoms with van der Waals surface area (Å²) in [6, 6.07) is 6.96. The van der Waals surface area contributed by atoms with Crippen molar-refractivity contribution in [3.05, 3.63) is 24.3 Å². The van der Waals surface area contributed by atoms with Crippen molar-refractivity contribution in [2.45, 2.75) is 20.0 Å². The number of benzene rings is 1. The van der Waals surface area contributed by atoms with Crippen molar-refractivity contribution in [3.63, 3.8) is 0 Å². The van der Waals surface area contributed by atoms with Gasteiger partial charge in [0.25, 0.3) is 0 Å². The molecule has 1 N–H and O–H groups in total. The average Bonchev–Trinajstić information content (AvgIpc) is 2.46. The Bertz CT molecular complexity index is 409. The molecule has 1 saturated heterocycles. The zero-order valence-corrected chi connectivity index (χ0v) is 11.7. The highest BCUT2D eigenvalue weighted by atomic mass is 19.3. The molecule has 1 aromatic rings. The molecule has 1 fully saturated rings. The molecular weight excluding hydrogens is 264 g/mol. The molecule has 6 heteroatoms. The average molecular weight is 285 g/mol. The molecule has 0 atom stereocenters. The number of anilines is 1. The van der Waals surface area contributed by atoms with Crippen LogP contribution in [-0.4, -0.2) is 44.3 Å². The minimum atomic E-state index is -2.79. The van der Waals surface area contributed by atoms with E-state index in [0.717, 1.165) is 44.8 Å². The molecule has 0 aliphatic carbocycles. The Morgan fingerprint density at radius 2 is 1.90 bits per heavy atom. The highest BCUT2D eigenvalue weighted by Gasteiger charge is 2.20. The predicted octanol–water partition coefficient (Wildman–Crippen LogP) is 2.32. The van der Waals surface area contributed by atoms with E-state index in [-0.39, 0.29) is 5.75 Å². The molecule has 0 saturated carbocycles. The Morgan fingerprint density at radius 3 is 2.55 bits per heavy atom. The van der Waals surface area contributed by atoms with E-state index >= 15 is 0 Å². The zero-order valence-electron chi connectivity index (χ0n) is 11.7. The number of rotatable bonds is 6. The van der Waals surface area contributed by atoms with Crippen LogP contribution in [0.5, 0.6) is 5.75 Å². The molecule has 1 aromatic carbocycles. The van der Waals surface area contributed by atoms with E-state index in [0.29, 0.717) is 0 Å². The van der Waals surface area contributed by atoms with Crippen LogP contribution in [0.15, 0.2) is 24.3 Å². The van der Waals surface area contributed by atoms with Crippen molar-refractivity contribution >= 4 is 5.69 Å². The fourth-order valence-electron chi connectivity index (χ4n) is 2.29. The topological polar surface area (TPSA) is 27.7 Å². The quantitative estimate of drug-likeness (QED) is 0.868. The van der Waals surface area contributed by atoms with E-state index in [4.69, 9.17) is 0 Å². The summed E-state index contributed by atoms with van der Waals surface area (Å²) in [7, 11) is 0. The monoisotopic (exact) mass is 285 g/mol. The number of piperazine rings is 1. The summed E-state index contributed by atoms with van der Waals surface area (Å²) >= 11 is 0. The van der Waals surface area contributed by atoms with Gasteiger partial charge in [-0.05, 0) is 18.6 Å². The fraction of sp³-hybridized carbons (Fsp3) is 0.571. The lowest BCUT2D eigenvalue weighted by Gasteiger charge is -2.36. The van der Waals surface area contributed by atoms with Crippen molar-refractivity contribution in [2.75, 3.05) is 37.6 Å².